The zero-order valence-electron chi connectivity index (χ0n) is 16.7. The Morgan fingerprint density at radius 2 is 2.17 bits per heavy atom. The Bertz CT molecular complexity index is 863. The number of aromatic nitrogens is 2. The average Bonchev–Trinajstić information content (AvgIpc) is 3.23. The van der Waals surface area contributed by atoms with Crippen LogP contribution >= 0.6 is 11.6 Å². The normalized spacial score (nSPS) is 44.1. The molecule has 3 bridgehead atoms. The van der Waals surface area contributed by atoms with Gasteiger partial charge in [-0.3, -0.25) is 9.78 Å². The molecule has 5 aliphatic rings. The summed E-state index contributed by atoms with van der Waals surface area (Å²) in [5.41, 5.74) is 6.63. The van der Waals surface area contributed by atoms with Gasteiger partial charge < -0.3 is 21.3 Å². The summed E-state index contributed by atoms with van der Waals surface area (Å²) in [6.45, 7) is 1.22. The predicted molar refractivity (Wildman–Crippen MR) is 110 cm³/mol. The second kappa shape index (κ2) is 6.05. The maximum Gasteiger partial charge on any atom is 0.237 e. The number of hydrogen-bond donors (Lipinski definition) is 3. The lowest BCUT2D eigenvalue weighted by molar-refractivity contribution is -0.131. The van der Waals surface area contributed by atoms with Gasteiger partial charge in [-0.25, -0.2) is 4.98 Å². The van der Waals surface area contributed by atoms with Crippen molar-refractivity contribution in [3.63, 3.8) is 0 Å². The molecular weight excluding hydrogens is 388 g/mol. The number of rotatable bonds is 5. The lowest BCUT2D eigenvalue weighted by Crippen LogP contribution is -2.62. The van der Waals surface area contributed by atoms with Gasteiger partial charge in [0.25, 0.3) is 0 Å². The van der Waals surface area contributed by atoms with E-state index in [2.05, 4.69) is 20.6 Å². The van der Waals surface area contributed by atoms with E-state index in [0.717, 1.165) is 37.5 Å². The van der Waals surface area contributed by atoms with E-state index in [1.54, 1.807) is 12.4 Å². The Morgan fingerprint density at radius 1 is 1.28 bits per heavy atom. The van der Waals surface area contributed by atoms with E-state index in [0.29, 0.717) is 23.0 Å². The van der Waals surface area contributed by atoms with Crippen molar-refractivity contribution in [2.45, 2.75) is 68.6 Å². The molecule has 6 atom stereocenters. The quantitative estimate of drug-likeness (QED) is 0.680. The predicted octanol–water partition coefficient (Wildman–Crippen LogP) is 2.13. The topological polar surface area (TPSA) is 96.2 Å². The van der Waals surface area contributed by atoms with Crippen LogP contribution in [0.1, 0.15) is 51.4 Å². The van der Waals surface area contributed by atoms with E-state index in [-0.39, 0.29) is 23.2 Å². The minimum absolute atomic E-state index is 0.0988. The molecular formula is C21H29ClN6O. The molecule has 4 N–H and O–H groups in total. The van der Waals surface area contributed by atoms with E-state index < -0.39 is 0 Å². The standard InChI is InChI=1S/C21H29ClN6O/c22-15-9-24-10-17(26-15)27-21-6-13-4-19(7-14(8-21)20(21,5-13)12-19)25-11-18(29)28-3-1-2-16(28)23/h9-10,13-14,16,25H,1-8,11-12,23H2,(H,26,27)/t13?,14?,16-,19?,20?,21?/m0/s1. The third-order valence-corrected chi connectivity index (χ3v) is 8.98. The van der Waals surface area contributed by atoms with Gasteiger partial charge >= 0.3 is 0 Å². The second-order valence-electron chi connectivity index (χ2n) is 10.3. The molecule has 5 fully saturated rings. The third kappa shape index (κ3) is 2.53. The fourth-order valence-electron chi connectivity index (χ4n) is 8.01. The van der Waals surface area contributed by atoms with Crippen molar-refractivity contribution in [1.82, 2.24) is 20.2 Å². The molecule has 2 heterocycles. The lowest BCUT2D eigenvalue weighted by atomic mass is 9.51. The highest BCUT2D eigenvalue weighted by molar-refractivity contribution is 6.29. The Hall–Kier alpha value is -1.44. The summed E-state index contributed by atoms with van der Waals surface area (Å²) < 4.78 is 0. The Morgan fingerprint density at radius 3 is 2.97 bits per heavy atom. The molecule has 0 radical (unpaired) electrons. The van der Waals surface area contributed by atoms with Crippen molar-refractivity contribution in [2.75, 3.05) is 18.4 Å². The highest BCUT2D eigenvalue weighted by atomic mass is 35.5. The molecule has 4 saturated carbocycles. The fourth-order valence-corrected chi connectivity index (χ4v) is 8.16. The van der Waals surface area contributed by atoms with Crippen molar-refractivity contribution >= 4 is 23.3 Å². The summed E-state index contributed by atoms with van der Waals surface area (Å²) in [4.78, 5) is 23.2. The molecule has 1 spiro atoms. The van der Waals surface area contributed by atoms with E-state index in [9.17, 15) is 4.79 Å². The summed E-state index contributed by atoms with van der Waals surface area (Å²) >= 11 is 6.07. The molecule has 1 aromatic rings. The smallest absolute Gasteiger partial charge is 0.237 e. The first-order valence-corrected chi connectivity index (χ1v) is 11.4. The first-order chi connectivity index (χ1) is 13.9. The number of fused-ring (bicyclic) bond motifs is 2. The molecule has 7 nitrogen and oxygen atoms in total. The van der Waals surface area contributed by atoms with Gasteiger partial charge in [-0.15, -0.1) is 0 Å². The molecule has 8 heteroatoms. The number of anilines is 1. The lowest BCUT2D eigenvalue weighted by Gasteiger charge is -2.59. The van der Waals surface area contributed by atoms with Crippen molar-refractivity contribution in [2.24, 2.45) is 23.0 Å². The zero-order chi connectivity index (χ0) is 19.9. The highest BCUT2D eigenvalue weighted by Gasteiger charge is 2.77. The first-order valence-electron chi connectivity index (χ1n) is 11.0. The van der Waals surface area contributed by atoms with Gasteiger partial charge in [-0.1, -0.05) is 11.6 Å². The number of carbonyl (C=O) groups excluding carboxylic acids is 1. The van der Waals surface area contributed by atoms with Crippen LogP contribution in [0.2, 0.25) is 5.15 Å². The second-order valence-corrected chi connectivity index (χ2v) is 10.7. The summed E-state index contributed by atoms with van der Waals surface area (Å²) in [6, 6.07) is 0. The zero-order valence-corrected chi connectivity index (χ0v) is 17.4. The Labute approximate surface area is 176 Å². The molecule has 1 aliphatic heterocycles. The van der Waals surface area contributed by atoms with Crippen LogP contribution in [-0.2, 0) is 4.79 Å². The van der Waals surface area contributed by atoms with Gasteiger partial charge in [0.2, 0.25) is 5.91 Å². The van der Waals surface area contributed by atoms with Crippen LogP contribution in [0.5, 0.6) is 0 Å². The van der Waals surface area contributed by atoms with Crippen LogP contribution < -0.4 is 16.4 Å². The third-order valence-electron chi connectivity index (χ3n) is 8.80. The monoisotopic (exact) mass is 416 g/mol. The summed E-state index contributed by atoms with van der Waals surface area (Å²) in [5, 5.41) is 7.94. The number of likely N-dealkylation sites (tertiary alicyclic amines) is 1. The molecule has 29 heavy (non-hydrogen) atoms. The summed E-state index contributed by atoms with van der Waals surface area (Å²) in [7, 11) is 0. The van der Waals surface area contributed by atoms with Gasteiger partial charge in [0.15, 0.2) is 0 Å². The molecule has 4 aliphatic carbocycles. The van der Waals surface area contributed by atoms with Crippen molar-refractivity contribution in [3.05, 3.63) is 17.5 Å². The van der Waals surface area contributed by atoms with Gasteiger partial charge in [0, 0.05) is 17.6 Å². The van der Waals surface area contributed by atoms with E-state index in [4.69, 9.17) is 17.3 Å². The minimum Gasteiger partial charge on any atom is -0.363 e. The van der Waals surface area contributed by atoms with E-state index in [1.165, 1.54) is 32.1 Å². The minimum atomic E-state index is -0.0988. The van der Waals surface area contributed by atoms with Crippen LogP contribution in [0, 0.1) is 17.3 Å². The number of hydrogen-bond acceptors (Lipinski definition) is 6. The number of amides is 1. The van der Waals surface area contributed by atoms with E-state index in [1.807, 2.05) is 4.90 Å². The van der Waals surface area contributed by atoms with Crippen LogP contribution in [0.15, 0.2) is 12.4 Å². The fraction of sp³-hybridized carbons (Fsp3) is 0.762. The van der Waals surface area contributed by atoms with Crippen molar-refractivity contribution in [3.8, 4) is 0 Å². The maximum absolute atomic E-state index is 12.7. The number of nitrogens with zero attached hydrogens (tertiary/aromatic N) is 3. The number of nitrogens with one attached hydrogen (secondary N) is 2. The molecule has 1 amide bonds. The summed E-state index contributed by atoms with van der Waals surface area (Å²) in [5.74, 6) is 2.39. The largest absolute Gasteiger partial charge is 0.363 e. The molecule has 1 aromatic heterocycles. The Balaban J connectivity index is 1.19. The molecule has 156 valence electrons. The van der Waals surface area contributed by atoms with Gasteiger partial charge in [0.05, 0.1) is 25.1 Å². The van der Waals surface area contributed by atoms with Gasteiger partial charge in [0.1, 0.15) is 11.0 Å². The van der Waals surface area contributed by atoms with Crippen molar-refractivity contribution in [1.29, 1.82) is 0 Å². The molecule has 6 rings (SSSR count). The molecule has 1 saturated heterocycles. The van der Waals surface area contributed by atoms with Crippen LogP contribution in [0.3, 0.4) is 0 Å². The van der Waals surface area contributed by atoms with Crippen LogP contribution in [-0.4, -0.2) is 51.1 Å². The number of carbonyl (C=O) groups is 1. The highest BCUT2D eigenvalue weighted by Crippen LogP contribution is 2.78. The SMILES string of the molecule is N[C@@H]1CCCN1C(=O)CNC12CC3CC4(Nc5cncc(Cl)n5)CC(C1)C4(C3)C2. The van der Waals surface area contributed by atoms with Crippen LogP contribution in [0.25, 0.3) is 0 Å². The summed E-state index contributed by atoms with van der Waals surface area (Å²) in [6.07, 6.45) is 12.4. The molecule has 5 unspecified atom stereocenters. The van der Waals surface area contributed by atoms with Gasteiger partial charge in [-0.05, 0) is 68.6 Å². The Kier molecular flexibility index (Phi) is 3.83. The van der Waals surface area contributed by atoms with Crippen LogP contribution in [0.4, 0.5) is 5.82 Å². The number of halogens is 1. The number of nitrogens with two attached hydrogens (primary N) is 1. The van der Waals surface area contributed by atoms with Crippen molar-refractivity contribution < 1.29 is 4.79 Å². The first kappa shape index (κ1) is 18.3. The molecule has 0 aromatic carbocycles. The van der Waals surface area contributed by atoms with E-state index >= 15 is 0 Å². The average molecular weight is 417 g/mol. The van der Waals surface area contributed by atoms with Gasteiger partial charge in [-0.2, -0.15) is 0 Å². The maximum atomic E-state index is 12.7.